The molecule has 0 bridgehead atoms. The molecule has 0 aliphatic rings. The first-order valence-corrected chi connectivity index (χ1v) is 7.55. The molecule has 1 N–H and O–H groups in total. The van der Waals surface area contributed by atoms with Gasteiger partial charge in [0.2, 0.25) is 0 Å². The Morgan fingerprint density at radius 3 is 2.58 bits per heavy atom. The molecule has 0 unspecified atom stereocenters. The molecule has 7 heteroatoms. The third kappa shape index (κ3) is 5.37. The summed E-state index contributed by atoms with van der Waals surface area (Å²) < 4.78 is 18.1. The van der Waals surface area contributed by atoms with Crippen LogP contribution in [0.25, 0.3) is 6.08 Å². The van der Waals surface area contributed by atoms with E-state index in [1.54, 1.807) is 18.2 Å². The maximum Gasteiger partial charge on any atom is 0.331 e. The molecule has 0 aliphatic heterocycles. The van der Waals surface area contributed by atoms with E-state index in [0.717, 1.165) is 6.08 Å². The van der Waals surface area contributed by atoms with Crippen molar-refractivity contribution in [2.45, 2.75) is 0 Å². The molecule has 0 spiro atoms. The fourth-order valence-electron chi connectivity index (χ4n) is 1.72. The number of rotatable bonds is 5. The lowest BCUT2D eigenvalue weighted by Crippen LogP contribution is -2.20. The minimum absolute atomic E-state index is 0.245. The number of amides is 1. The molecular weight excluding hydrogens is 356 g/mol. The monoisotopic (exact) mass is 367 g/mol. The van der Waals surface area contributed by atoms with Gasteiger partial charge >= 0.3 is 5.97 Å². The number of anilines is 1. The van der Waals surface area contributed by atoms with Crippen LogP contribution in [-0.4, -0.2) is 18.5 Å². The molecule has 0 atom stereocenters. The highest BCUT2D eigenvalue weighted by Crippen LogP contribution is 2.24. The van der Waals surface area contributed by atoms with Gasteiger partial charge in [-0.2, -0.15) is 0 Å². The molecule has 4 nitrogen and oxygen atoms in total. The van der Waals surface area contributed by atoms with E-state index >= 15 is 0 Å². The van der Waals surface area contributed by atoms with Crippen LogP contribution in [0, 0.1) is 5.82 Å². The minimum Gasteiger partial charge on any atom is -0.452 e. The molecule has 0 saturated carbocycles. The van der Waals surface area contributed by atoms with E-state index < -0.39 is 24.3 Å². The lowest BCUT2D eigenvalue weighted by atomic mass is 10.2. The number of esters is 1. The number of nitrogens with one attached hydrogen (secondary N) is 1. The average molecular weight is 368 g/mol. The van der Waals surface area contributed by atoms with Crippen LogP contribution >= 0.6 is 23.2 Å². The van der Waals surface area contributed by atoms with Crippen molar-refractivity contribution in [3.05, 3.63) is 70.0 Å². The second-order valence-corrected chi connectivity index (χ2v) is 5.45. The summed E-state index contributed by atoms with van der Waals surface area (Å²) in [5, 5.41) is 3.16. The Morgan fingerprint density at radius 2 is 1.88 bits per heavy atom. The van der Waals surface area contributed by atoms with Crippen LogP contribution in [0.4, 0.5) is 10.1 Å². The van der Waals surface area contributed by atoms with Crippen LogP contribution in [0.5, 0.6) is 0 Å². The molecule has 124 valence electrons. The van der Waals surface area contributed by atoms with E-state index in [0.29, 0.717) is 15.7 Å². The first-order chi connectivity index (χ1) is 11.5. The highest BCUT2D eigenvalue weighted by molar-refractivity contribution is 6.42. The molecule has 0 heterocycles. The van der Waals surface area contributed by atoms with Crippen LogP contribution in [0.1, 0.15) is 5.56 Å². The van der Waals surface area contributed by atoms with Crippen LogP contribution in [0.3, 0.4) is 0 Å². The molecule has 0 radical (unpaired) electrons. The Kier molecular flexibility index (Phi) is 6.35. The van der Waals surface area contributed by atoms with E-state index in [2.05, 4.69) is 5.32 Å². The van der Waals surface area contributed by atoms with E-state index in [9.17, 15) is 14.0 Å². The number of hydrogen-bond acceptors (Lipinski definition) is 3. The molecule has 0 aromatic heterocycles. The largest absolute Gasteiger partial charge is 0.452 e. The van der Waals surface area contributed by atoms with Crippen LogP contribution in [0.15, 0.2) is 48.5 Å². The number of benzene rings is 2. The van der Waals surface area contributed by atoms with Crippen molar-refractivity contribution in [3.63, 3.8) is 0 Å². The maximum atomic E-state index is 13.4. The highest BCUT2D eigenvalue weighted by atomic mass is 35.5. The molecule has 1 amide bonds. The Labute approximate surface area is 147 Å². The third-order valence-electron chi connectivity index (χ3n) is 2.85. The van der Waals surface area contributed by atoms with Crippen molar-refractivity contribution >= 4 is 46.8 Å². The molecular formula is C17H12Cl2FNO3. The zero-order valence-electron chi connectivity index (χ0n) is 12.3. The van der Waals surface area contributed by atoms with Gasteiger partial charge in [-0.15, -0.1) is 0 Å². The highest BCUT2D eigenvalue weighted by Gasteiger charge is 2.07. The predicted molar refractivity (Wildman–Crippen MR) is 91.5 cm³/mol. The van der Waals surface area contributed by atoms with Gasteiger partial charge in [0.25, 0.3) is 5.91 Å². The summed E-state index contributed by atoms with van der Waals surface area (Å²) in [6.45, 7) is -0.485. The second-order valence-electron chi connectivity index (χ2n) is 4.64. The predicted octanol–water partition coefficient (Wildman–Crippen LogP) is 4.33. The van der Waals surface area contributed by atoms with Gasteiger partial charge in [-0.1, -0.05) is 41.4 Å². The summed E-state index contributed by atoms with van der Waals surface area (Å²) in [6, 6.07) is 10.5. The van der Waals surface area contributed by atoms with Gasteiger partial charge in [-0.05, 0) is 30.3 Å². The van der Waals surface area contributed by atoms with Crippen LogP contribution < -0.4 is 5.32 Å². The smallest absolute Gasteiger partial charge is 0.331 e. The van der Waals surface area contributed by atoms with Gasteiger partial charge in [0.05, 0.1) is 10.0 Å². The molecule has 2 rings (SSSR count). The summed E-state index contributed by atoms with van der Waals surface area (Å²) >= 11 is 11.6. The molecule has 24 heavy (non-hydrogen) atoms. The summed E-state index contributed by atoms with van der Waals surface area (Å²) in [4.78, 5) is 23.2. The van der Waals surface area contributed by atoms with Crippen molar-refractivity contribution in [2.75, 3.05) is 11.9 Å². The van der Waals surface area contributed by atoms with E-state index in [1.807, 2.05) is 0 Å². The summed E-state index contributed by atoms with van der Waals surface area (Å²) in [5.41, 5.74) is 0.669. The summed E-state index contributed by atoms with van der Waals surface area (Å²) in [5.74, 6) is -1.76. The molecule has 0 aliphatic carbocycles. The SMILES string of the molecule is O=C(COC(=O)/C=C/c1ccccc1F)Nc1ccc(Cl)c(Cl)c1. The minimum atomic E-state index is -0.762. The zero-order chi connectivity index (χ0) is 17.5. The second kappa shape index (κ2) is 8.47. The third-order valence-corrected chi connectivity index (χ3v) is 3.59. The number of carbonyl (C=O) groups excluding carboxylic acids is 2. The van der Waals surface area contributed by atoms with Crippen molar-refractivity contribution in [1.29, 1.82) is 0 Å². The van der Waals surface area contributed by atoms with Crippen molar-refractivity contribution in [3.8, 4) is 0 Å². The van der Waals surface area contributed by atoms with Gasteiger partial charge in [0.1, 0.15) is 5.82 Å². The topological polar surface area (TPSA) is 55.4 Å². The number of ether oxygens (including phenoxy) is 1. The molecule has 0 fully saturated rings. The molecule has 2 aromatic carbocycles. The molecule has 0 saturated heterocycles. The Balaban J connectivity index is 1.84. The van der Waals surface area contributed by atoms with Gasteiger partial charge in [-0.25, -0.2) is 9.18 Å². The van der Waals surface area contributed by atoms with Crippen LogP contribution in [0.2, 0.25) is 10.0 Å². The Hall–Kier alpha value is -2.37. The van der Waals surface area contributed by atoms with Gasteiger partial charge in [0, 0.05) is 17.3 Å². The number of carbonyl (C=O) groups is 2. The summed E-state index contributed by atoms with van der Waals surface area (Å²) in [7, 11) is 0. The van der Waals surface area contributed by atoms with Gasteiger partial charge in [0.15, 0.2) is 6.61 Å². The van der Waals surface area contributed by atoms with Crippen molar-refractivity contribution in [2.24, 2.45) is 0 Å². The quantitative estimate of drug-likeness (QED) is 0.632. The Bertz CT molecular complexity index is 793. The van der Waals surface area contributed by atoms with Gasteiger partial charge < -0.3 is 10.1 Å². The van der Waals surface area contributed by atoms with Crippen molar-refractivity contribution in [1.82, 2.24) is 0 Å². The zero-order valence-corrected chi connectivity index (χ0v) is 13.8. The van der Waals surface area contributed by atoms with E-state index in [-0.39, 0.29) is 5.56 Å². The fraction of sp³-hybridized carbons (Fsp3) is 0.0588. The van der Waals surface area contributed by atoms with E-state index in [1.165, 1.54) is 30.3 Å². The summed E-state index contributed by atoms with van der Waals surface area (Å²) in [6.07, 6.45) is 2.32. The standard InChI is InChI=1S/C17H12Cl2FNO3/c18-13-7-6-12(9-14(13)19)21-16(22)10-24-17(23)8-5-11-3-1-2-4-15(11)20/h1-9H,10H2,(H,21,22)/b8-5+. The number of halogens is 3. The lowest BCUT2D eigenvalue weighted by molar-refractivity contribution is -0.142. The normalized spacial score (nSPS) is 10.6. The van der Waals surface area contributed by atoms with Crippen LogP contribution in [-0.2, 0) is 14.3 Å². The first-order valence-electron chi connectivity index (χ1n) is 6.80. The van der Waals surface area contributed by atoms with E-state index in [4.69, 9.17) is 27.9 Å². The number of hydrogen-bond donors (Lipinski definition) is 1. The van der Waals surface area contributed by atoms with Crippen molar-refractivity contribution < 1.29 is 18.7 Å². The Morgan fingerprint density at radius 1 is 1.12 bits per heavy atom. The fourth-order valence-corrected chi connectivity index (χ4v) is 2.02. The molecule has 2 aromatic rings. The van der Waals surface area contributed by atoms with Gasteiger partial charge in [-0.3, -0.25) is 4.79 Å². The maximum absolute atomic E-state index is 13.4. The first kappa shape index (κ1) is 18.0. The average Bonchev–Trinajstić information content (AvgIpc) is 2.55. The lowest BCUT2D eigenvalue weighted by Gasteiger charge is -2.06.